The summed E-state index contributed by atoms with van der Waals surface area (Å²) < 4.78 is 0. The summed E-state index contributed by atoms with van der Waals surface area (Å²) in [6.45, 7) is 2.32. The number of benzene rings is 1. The molecule has 14 heavy (non-hydrogen) atoms. The molecule has 1 aromatic rings. The highest BCUT2D eigenvalue weighted by molar-refractivity contribution is 8.03. The molecule has 1 aliphatic heterocycles. The topological polar surface area (TPSA) is 0 Å². The first-order valence-electron chi connectivity index (χ1n) is 5.02. The lowest BCUT2D eigenvalue weighted by molar-refractivity contribution is 0.840. The SMILES string of the molecule is C[C@H]1C2=C(C=CC2)Sc2ccccc21. The Morgan fingerprint density at radius 1 is 1.29 bits per heavy atom. The molecule has 0 saturated carbocycles. The molecule has 1 heterocycles. The number of allylic oxidation sites excluding steroid dienone is 3. The maximum Gasteiger partial charge on any atom is 0.0160 e. The Morgan fingerprint density at radius 2 is 2.14 bits per heavy atom. The van der Waals surface area contributed by atoms with E-state index in [1.165, 1.54) is 15.4 Å². The second kappa shape index (κ2) is 3.03. The lowest BCUT2D eigenvalue weighted by Crippen LogP contribution is -2.03. The summed E-state index contributed by atoms with van der Waals surface area (Å²) in [6.07, 6.45) is 5.70. The van der Waals surface area contributed by atoms with Crippen LogP contribution in [0, 0.1) is 0 Å². The minimum Gasteiger partial charge on any atom is -0.0898 e. The molecule has 1 aliphatic carbocycles. The zero-order chi connectivity index (χ0) is 9.54. The number of fused-ring (bicyclic) bond motifs is 1. The zero-order valence-electron chi connectivity index (χ0n) is 8.16. The van der Waals surface area contributed by atoms with Gasteiger partial charge in [-0.3, -0.25) is 0 Å². The van der Waals surface area contributed by atoms with Gasteiger partial charge in [-0.05, 0) is 23.6 Å². The molecule has 70 valence electrons. The smallest absolute Gasteiger partial charge is 0.0160 e. The summed E-state index contributed by atoms with van der Waals surface area (Å²) in [4.78, 5) is 2.92. The van der Waals surface area contributed by atoms with Gasteiger partial charge >= 0.3 is 0 Å². The molecule has 0 fully saturated rings. The van der Waals surface area contributed by atoms with E-state index in [1.807, 2.05) is 11.8 Å². The summed E-state index contributed by atoms with van der Waals surface area (Å²) in [7, 11) is 0. The number of hydrogen-bond donors (Lipinski definition) is 0. The van der Waals surface area contributed by atoms with Crippen LogP contribution in [-0.4, -0.2) is 0 Å². The Bertz CT molecular complexity index is 440. The van der Waals surface area contributed by atoms with Crippen LogP contribution in [0.5, 0.6) is 0 Å². The van der Waals surface area contributed by atoms with Crippen molar-refractivity contribution in [2.24, 2.45) is 0 Å². The molecule has 0 bridgehead atoms. The van der Waals surface area contributed by atoms with E-state index >= 15 is 0 Å². The van der Waals surface area contributed by atoms with E-state index in [4.69, 9.17) is 0 Å². The van der Waals surface area contributed by atoms with E-state index in [-0.39, 0.29) is 0 Å². The van der Waals surface area contributed by atoms with Gasteiger partial charge in [0.15, 0.2) is 0 Å². The second-order valence-corrected chi connectivity index (χ2v) is 4.94. The van der Waals surface area contributed by atoms with Gasteiger partial charge in [-0.25, -0.2) is 0 Å². The minimum absolute atomic E-state index is 0.609. The zero-order valence-corrected chi connectivity index (χ0v) is 8.97. The van der Waals surface area contributed by atoms with Crippen molar-refractivity contribution in [2.75, 3.05) is 0 Å². The first-order chi connectivity index (χ1) is 6.86. The maximum atomic E-state index is 2.32. The van der Waals surface area contributed by atoms with Gasteiger partial charge in [0.25, 0.3) is 0 Å². The number of hydrogen-bond acceptors (Lipinski definition) is 1. The van der Waals surface area contributed by atoms with Crippen molar-refractivity contribution in [3.05, 3.63) is 52.5 Å². The van der Waals surface area contributed by atoms with Gasteiger partial charge in [0.1, 0.15) is 0 Å². The Balaban J connectivity index is 2.13. The van der Waals surface area contributed by atoms with Gasteiger partial charge in [0, 0.05) is 15.7 Å². The molecular formula is C13H12S. The molecule has 0 nitrogen and oxygen atoms in total. The first kappa shape index (κ1) is 8.37. The molecule has 0 N–H and O–H groups in total. The Labute approximate surface area is 88.7 Å². The van der Waals surface area contributed by atoms with Crippen molar-refractivity contribution < 1.29 is 0 Å². The monoisotopic (exact) mass is 200 g/mol. The molecule has 0 spiro atoms. The van der Waals surface area contributed by atoms with Crippen molar-refractivity contribution in [3.63, 3.8) is 0 Å². The van der Waals surface area contributed by atoms with Crippen molar-refractivity contribution in [2.45, 2.75) is 24.2 Å². The first-order valence-corrected chi connectivity index (χ1v) is 5.84. The second-order valence-electron chi connectivity index (χ2n) is 3.86. The van der Waals surface area contributed by atoms with Gasteiger partial charge in [0.2, 0.25) is 0 Å². The molecule has 0 unspecified atom stereocenters. The predicted molar refractivity (Wildman–Crippen MR) is 61.5 cm³/mol. The lowest BCUT2D eigenvalue weighted by Gasteiger charge is -2.24. The van der Waals surface area contributed by atoms with Gasteiger partial charge in [-0.1, -0.05) is 49.0 Å². The highest BCUT2D eigenvalue weighted by Gasteiger charge is 2.25. The molecule has 1 heteroatoms. The van der Waals surface area contributed by atoms with E-state index < -0.39 is 0 Å². The molecule has 2 aliphatic rings. The summed E-state index contributed by atoms with van der Waals surface area (Å²) in [5.41, 5.74) is 3.11. The van der Waals surface area contributed by atoms with E-state index in [2.05, 4.69) is 43.3 Å². The van der Waals surface area contributed by atoms with Gasteiger partial charge in [-0.2, -0.15) is 0 Å². The van der Waals surface area contributed by atoms with Gasteiger partial charge < -0.3 is 0 Å². The quantitative estimate of drug-likeness (QED) is 0.607. The van der Waals surface area contributed by atoms with E-state index in [0.29, 0.717) is 5.92 Å². The van der Waals surface area contributed by atoms with Crippen LogP contribution in [0.1, 0.15) is 24.8 Å². The predicted octanol–water partition coefficient (Wildman–Crippen LogP) is 4.11. The average Bonchev–Trinajstić information content (AvgIpc) is 2.66. The van der Waals surface area contributed by atoms with E-state index in [9.17, 15) is 0 Å². The molecule has 0 aromatic heterocycles. The third kappa shape index (κ3) is 1.09. The van der Waals surface area contributed by atoms with Crippen molar-refractivity contribution in [1.82, 2.24) is 0 Å². The minimum atomic E-state index is 0.609. The van der Waals surface area contributed by atoms with Crippen molar-refractivity contribution >= 4 is 11.8 Å². The fraction of sp³-hybridized carbons (Fsp3) is 0.231. The van der Waals surface area contributed by atoms with Crippen LogP contribution >= 0.6 is 11.8 Å². The largest absolute Gasteiger partial charge is 0.0898 e. The Hall–Kier alpha value is -0.950. The highest BCUT2D eigenvalue weighted by Crippen LogP contribution is 2.48. The fourth-order valence-electron chi connectivity index (χ4n) is 2.23. The molecule has 0 amide bonds. The van der Waals surface area contributed by atoms with Crippen molar-refractivity contribution in [3.8, 4) is 0 Å². The number of rotatable bonds is 0. The summed E-state index contributed by atoms with van der Waals surface area (Å²) in [6, 6.07) is 8.76. The lowest BCUT2D eigenvalue weighted by atomic mass is 9.92. The summed E-state index contributed by atoms with van der Waals surface area (Å²) in [5.74, 6) is 0.609. The van der Waals surface area contributed by atoms with Crippen molar-refractivity contribution in [1.29, 1.82) is 0 Å². The summed E-state index contributed by atoms with van der Waals surface area (Å²) >= 11 is 1.92. The average molecular weight is 200 g/mol. The van der Waals surface area contributed by atoms with Crippen LogP contribution < -0.4 is 0 Å². The van der Waals surface area contributed by atoms with Crippen LogP contribution in [0.4, 0.5) is 0 Å². The molecule has 0 saturated heterocycles. The van der Waals surface area contributed by atoms with Crippen LogP contribution in [0.3, 0.4) is 0 Å². The fourth-order valence-corrected chi connectivity index (χ4v) is 3.53. The molecular weight excluding hydrogens is 188 g/mol. The van der Waals surface area contributed by atoms with Gasteiger partial charge in [0.05, 0.1) is 0 Å². The third-order valence-electron chi connectivity index (χ3n) is 3.05. The van der Waals surface area contributed by atoms with Crippen LogP contribution in [0.15, 0.2) is 51.8 Å². The molecule has 3 rings (SSSR count). The van der Waals surface area contributed by atoms with E-state index in [1.54, 1.807) is 5.57 Å². The Kier molecular flexibility index (Phi) is 1.81. The van der Waals surface area contributed by atoms with Gasteiger partial charge in [-0.15, -0.1) is 0 Å². The highest BCUT2D eigenvalue weighted by atomic mass is 32.2. The molecule has 1 aromatic carbocycles. The van der Waals surface area contributed by atoms with E-state index in [0.717, 1.165) is 6.42 Å². The standard InChI is InChI=1S/C13H12S/c1-9-10-5-2-3-7-12(10)14-13-8-4-6-11(9)13/h2-5,7-9H,6H2,1H3/t9-/m1/s1. The maximum absolute atomic E-state index is 2.32. The normalized spacial score (nSPS) is 23.6. The van der Waals surface area contributed by atoms with Crippen LogP contribution in [0.25, 0.3) is 0 Å². The van der Waals surface area contributed by atoms with Crippen LogP contribution in [-0.2, 0) is 0 Å². The number of thioether (sulfide) groups is 1. The van der Waals surface area contributed by atoms with Crippen LogP contribution in [0.2, 0.25) is 0 Å². The molecule has 0 radical (unpaired) electrons. The Morgan fingerprint density at radius 3 is 3.07 bits per heavy atom. The molecule has 1 atom stereocenters. The third-order valence-corrected chi connectivity index (χ3v) is 4.26. The summed E-state index contributed by atoms with van der Waals surface area (Å²) in [5, 5.41) is 0.